The standard InChI is InChI=1S/C11H5Cl2NO3S/c12-8-3-4-18-11(8)10(15)7-2-1-6(14(16)17)5-9(7)13/h1-5H. The number of nitro groups is 1. The summed E-state index contributed by atoms with van der Waals surface area (Å²) in [7, 11) is 0. The normalized spacial score (nSPS) is 10.3. The highest BCUT2D eigenvalue weighted by atomic mass is 35.5. The van der Waals surface area contributed by atoms with Gasteiger partial charge in [0.25, 0.3) is 5.69 Å². The van der Waals surface area contributed by atoms with Crippen molar-refractivity contribution in [1.29, 1.82) is 0 Å². The van der Waals surface area contributed by atoms with Gasteiger partial charge in [-0.2, -0.15) is 0 Å². The van der Waals surface area contributed by atoms with Crippen molar-refractivity contribution in [1.82, 2.24) is 0 Å². The minimum atomic E-state index is -0.571. The number of hydrogen-bond donors (Lipinski definition) is 0. The number of ketones is 1. The van der Waals surface area contributed by atoms with E-state index in [0.29, 0.717) is 9.90 Å². The average molecular weight is 302 g/mol. The smallest absolute Gasteiger partial charge is 0.270 e. The van der Waals surface area contributed by atoms with Crippen LogP contribution in [0, 0.1) is 10.1 Å². The first-order valence-corrected chi connectivity index (χ1v) is 6.36. The van der Waals surface area contributed by atoms with Crippen molar-refractivity contribution in [3.05, 3.63) is 60.2 Å². The molecule has 92 valence electrons. The summed E-state index contributed by atoms with van der Waals surface area (Å²) in [6.07, 6.45) is 0. The molecule has 0 unspecified atom stereocenters. The van der Waals surface area contributed by atoms with Gasteiger partial charge in [-0.25, -0.2) is 0 Å². The minimum absolute atomic E-state index is 0.0404. The van der Waals surface area contributed by atoms with Crippen molar-refractivity contribution in [2.75, 3.05) is 0 Å². The molecule has 7 heteroatoms. The molecule has 0 saturated carbocycles. The molecule has 0 fully saturated rings. The summed E-state index contributed by atoms with van der Waals surface area (Å²) < 4.78 is 0. The molecule has 0 atom stereocenters. The lowest BCUT2D eigenvalue weighted by Gasteiger charge is -2.02. The van der Waals surface area contributed by atoms with E-state index in [2.05, 4.69) is 0 Å². The summed E-state index contributed by atoms with van der Waals surface area (Å²) in [5, 5.41) is 12.6. The summed E-state index contributed by atoms with van der Waals surface area (Å²) in [5.74, 6) is -0.338. The first-order valence-electron chi connectivity index (χ1n) is 4.72. The van der Waals surface area contributed by atoms with Gasteiger partial charge >= 0.3 is 0 Å². The zero-order chi connectivity index (χ0) is 13.3. The van der Waals surface area contributed by atoms with Crippen LogP contribution in [0.1, 0.15) is 15.2 Å². The van der Waals surface area contributed by atoms with Crippen molar-refractivity contribution < 1.29 is 9.72 Å². The third-order valence-corrected chi connectivity index (χ3v) is 3.88. The Kier molecular flexibility index (Phi) is 3.65. The highest BCUT2D eigenvalue weighted by Crippen LogP contribution is 2.29. The van der Waals surface area contributed by atoms with Gasteiger partial charge in [-0.1, -0.05) is 23.2 Å². The van der Waals surface area contributed by atoms with E-state index >= 15 is 0 Å². The summed E-state index contributed by atoms with van der Waals surface area (Å²) in [4.78, 5) is 22.5. The molecule has 18 heavy (non-hydrogen) atoms. The lowest BCUT2D eigenvalue weighted by atomic mass is 10.1. The molecule has 2 rings (SSSR count). The molecule has 0 bridgehead atoms. The third-order valence-electron chi connectivity index (χ3n) is 2.23. The fourth-order valence-electron chi connectivity index (χ4n) is 1.38. The Bertz CT molecular complexity index is 639. The lowest BCUT2D eigenvalue weighted by Crippen LogP contribution is -2.01. The van der Waals surface area contributed by atoms with Crippen LogP contribution in [-0.4, -0.2) is 10.7 Å². The van der Waals surface area contributed by atoms with Crippen molar-refractivity contribution >= 4 is 46.0 Å². The zero-order valence-electron chi connectivity index (χ0n) is 8.72. The first-order chi connectivity index (χ1) is 8.50. The lowest BCUT2D eigenvalue weighted by molar-refractivity contribution is -0.384. The predicted octanol–water partition coefficient (Wildman–Crippen LogP) is 4.19. The van der Waals surface area contributed by atoms with Gasteiger partial charge < -0.3 is 0 Å². The largest absolute Gasteiger partial charge is 0.288 e. The van der Waals surface area contributed by atoms with Gasteiger partial charge in [-0.05, 0) is 17.5 Å². The van der Waals surface area contributed by atoms with Crippen molar-refractivity contribution in [2.24, 2.45) is 0 Å². The molecule has 4 nitrogen and oxygen atoms in total. The van der Waals surface area contributed by atoms with Crippen LogP contribution in [0.2, 0.25) is 10.0 Å². The molecule has 0 amide bonds. The maximum absolute atomic E-state index is 12.1. The van der Waals surface area contributed by atoms with Crippen LogP contribution in [-0.2, 0) is 0 Å². The van der Waals surface area contributed by atoms with Gasteiger partial charge in [0.1, 0.15) is 0 Å². The topological polar surface area (TPSA) is 60.2 Å². The van der Waals surface area contributed by atoms with E-state index in [1.807, 2.05) is 0 Å². The molecule has 0 aliphatic heterocycles. The Morgan fingerprint density at radius 2 is 1.94 bits per heavy atom. The number of thiophene rings is 1. The van der Waals surface area contributed by atoms with Crippen LogP contribution in [0.25, 0.3) is 0 Å². The van der Waals surface area contributed by atoms with Crippen LogP contribution < -0.4 is 0 Å². The molecule has 0 aliphatic carbocycles. The molecule has 0 radical (unpaired) electrons. The van der Waals surface area contributed by atoms with Gasteiger partial charge in [0.15, 0.2) is 0 Å². The molecule has 0 aliphatic rings. The number of non-ortho nitro benzene ring substituents is 1. The number of carbonyl (C=O) groups excluding carboxylic acids is 1. The van der Waals surface area contributed by atoms with E-state index in [0.717, 1.165) is 6.07 Å². The number of carbonyl (C=O) groups is 1. The van der Waals surface area contributed by atoms with E-state index in [9.17, 15) is 14.9 Å². The van der Waals surface area contributed by atoms with Gasteiger partial charge in [-0.3, -0.25) is 14.9 Å². The number of rotatable bonds is 3. The Labute approximate surface area is 116 Å². The third kappa shape index (κ3) is 2.38. The number of benzene rings is 1. The maximum atomic E-state index is 12.1. The summed E-state index contributed by atoms with van der Waals surface area (Å²) >= 11 is 12.9. The summed E-state index contributed by atoms with van der Waals surface area (Å²) in [5.41, 5.74) is 0.0421. The Morgan fingerprint density at radius 1 is 1.22 bits per heavy atom. The molecular weight excluding hydrogens is 297 g/mol. The van der Waals surface area contributed by atoms with E-state index in [4.69, 9.17) is 23.2 Å². The number of hydrogen-bond acceptors (Lipinski definition) is 4. The molecule has 1 aromatic heterocycles. The highest BCUT2D eigenvalue weighted by molar-refractivity contribution is 7.13. The molecular formula is C11H5Cl2NO3S. The van der Waals surface area contributed by atoms with Crippen molar-refractivity contribution in [3.8, 4) is 0 Å². The molecule has 0 N–H and O–H groups in total. The fourth-order valence-corrected chi connectivity index (χ4v) is 2.74. The van der Waals surface area contributed by atoms with Gasteiger partial charge in [0, 0.05) is 17.7 Å². The Hall–Kier alpha value is -1.43. The Balaban J connectivity index is 2.44. The SMILES string of the molecule is O=C(c1ccc([N+](=O)[O-])cc1Cl)c1sccc1Cl. The van der Waals surface area contributed by atoms with Gasteiger partial charge in [-0.15, -0.1) is 11.3 Å². The van der Waals surface area contributed by atoms with Gasteiger partial charge in [0.2, 0.25) is 5.78 Å². The fraction of sp³-hybridized carbons (Fsp3) is 0. The molecule has 1 aromatic carbocycles. The molecule has 0 spiro atoms. The van der Waals surface area contributed by atoms with Crippen LogP contribution in [0.15, 0.2) is 29.6 Å². The molecule has 0 saturated heterocycles. The quantitative estimate of drug-likeness (QED) is 0.485. The van der Waals surface area contributed by atoms with Crippen LogP contribution in [0.3, 0.4) is 0 Å². The summed E-state index contributed by atoms with van der Waals surface area (Å²) in [6, 6.07) is 5.33. The first kappa shape index (κ1) is 13.0. The van der Waals surface area contributed by atoms with E-state index in [-0.39, 0.29) is 22.1 Å². The average Bonchev–Trinajstić information content (AvgIpc) is 2.74. The Morgan fingerprint density at radius 3 is 2.44 bits per heavy atom. The van der Waals surface area contributed by atoms with Crippen LogP contribution in [0.4, 0.5) is 5.69 Å². The van der Waals surface area contributed by atoms with E-state index in [1.165, 1.54) is 23.5 Å². The van der Waals surface area contributed by atoms with Crippen molar-refractivity contribution in [2.45, 2.75) is 0 Å². The van der Waals surface area contributed by atoms with Crippen LogP contribution >= 0.6 is 34.5 Å². The molecule has 2 aromatic rings. The second kappa shape index (κ2) is 5.06. The number of nitrogens with zero attached hydrogens (tertiary/aromatic N) is 1. The predicted molar refractivity (Wildman–Crippen MR) is 70.9 cm³/mol. The number of halogens is 2. The van der Waals surface area contributed by atoms with E-state index < -0.39 is 4.92 Å². The molecule has 1 heterocycles. The van der Waals surface area contributed by atoms with Crippen molar-refractivity contribution in [3.63, 3.8) is 0 Å². The zero-order valence-corrected chi connectivity index (χ0v) is 11.1. The highest BCUT2D eigenvalue weighted by Gasteiger charge is 2.19. The number of nitro benzene ring substituents is 1. The van der Waals surface area contributed by atoms with Crippen LogP contribution in [0.5, 0.6) is 0 Å². The second-order valence-corrected chi connectivity index (χ2v) is 5.08. The monoisotopic (exact) mass is 301 g/mol. The van der Waals surface area contributed by atoms with E-state index in [1.54, 1.807) is 11.4 Å². The van der Waals surface area contributed by atoms with Gasteiger partial charge in [0.05, 0.1) is 19.8 Å². The summed E-state index contributed by atoms with van der Waals surface area (Å²) in [6.45, 7) is 0. The maximum Gasteiger partial charge on any atom is 0.270 e. The second-order valence-electron chi connectivity index (χ2n) is 3.35. The minimum Gasteiger partial charge on any atom is -0.288 e.